The van der Waals surface area contributed by atoms with E-state index in [2.05, 4.69) is 20.8 Å². The second-order valence-corrected chi connectivity index (χ2v) is 3.46. The Kier molecular flexibility index (Phi) is 3.66. The Hall–Kier alpha value is -1.95. The molecule has 2 rings (SSSR count). The van der Waals surface area contributed by atoms with Crippen LogP contribution in [0.4, 0.5) is 0 Å². The number of nitrogens with zero attached hydrogens (tertiary/aromatic N) is 4. The molecule has 90 valence electrons. The smallest absolute Gasteiger partial charge is 0.170 e. The molecule has 17 heavy (non-hydrogen) atoms. The minimum Gasteiger partial charge on any atom is -0.494 e. The highest BCUT2D eigenvalue weighted by atomic mass is 16.5. The van der Waals surface area contributed by atoms with E-state index < -0.39 is 0 Å². The van der Waals surface area contributed by atoms with Gasteiger partial charge in [0.05, 0.1) is 18.8 Å². The van der Waals surface area contributed by atoms with E-state index in [1.54, 1.807) is 4.68 Å². The van der Waals surface area contributed by atoms with Crippen LogP contribution >= 0.6 is 0 Å². The first-order chi connectivity index (χ1) is 8.35. The van der Waals surface area contributed by atoms with Crippen molar-refractivity contribution in [3.63, 3.8) is 0 Å². The molecule has 1 heterocycles. The van der Waals surface area contributed by atoms with Gasteiger partial charge in [0, 0.05) is 0 Å². The summed E-state index contributed by atoms with van der Waals surface area (Å²) in [5, 5.41) is 14.6. The molecule has 0 spiro atoms. The van der Waals surface area contributed by atoms with Crippen molar-refractivity contribution >= 4 is 0 Å². The van der Waals surface area contributed by atoms with Gasteiger partial charge in [-0.05, 0) is 48.7 Å². The predicted octanol–water partition coefficient (Wildman–Crippen LogP) is 0.780. The Balaban J connectivity index is 2.23. The predicted molar refractivity (Wildman–Crippen MR) is 63.1 cm³/mol. The van der Waals surface area contributed by atoms with Crippen molar-refractivity contribution in [2.75, 3.05) is 13.7 Å². The highest BCUT2D eigenvalue weighted by molar-refractivity contribution is 5.36. The van der Waals surface area contributed by atoms with Crippen LogP contribution in [0.3, 0.4) is 0 Å². The monoisotopic (exact) mass is 233 g/mol. The number of aromatic nitrogens is 4. The lowest BCUT2D eigenvalue weighted by molar-refractivity contribution is 0.340. The van der Waals surface area contributed by atoms with Crippen molar-refractivity contribution in [1.82, 2.24) is 25.5 Å². The molecule has 0 amide bonds. The Morgan fingerprint density at radius 1 is 1.29 bits per heavy atom. The van der Waals surface area contributed by atoms with E-state index in [9.17, 15) is 0 Å². The van der Waals surface area contributed by atoms with E-state index in [1.165, 1.54) is 0 Å². The molecule has 2 aromatic rings. The van der Waals surface area contributed by atoms with Gasteiger partial charge in [-0.15, -0.1) is 5.10 Å². The molecular formula is C11H15N5O. The lowest BCUT2D eigenvalue weighted by Crippen LogP contribution is -2.12. The van der Waals surface area contributed by atoms with Crippen LogP contribution in [-0.2, 0) is 6.54 Å². The first-order valence-electron chi connectivity index (χ1n) is 5.50. The zero-order chi connectivity index (χ0) is 12.1. The maximum absolute atomic E-state index is 5.38. The Morgan fingerprint density at radius 2 is 2.06 bits per heavy atom. The average Bonchev–Trinajstić information content (AvgIpc) is 2.79. The summed E-state index contributed by atoms with van der Waals surface area (Å²) in [6.07, 6.45) is 0. The molecule has 0 aliphatic heterocycles. The van der Waals surface area contributed by atoms with Gasteiger partial charge in [0.25, 0.3) is 0 Å². The molecule has 6 nitrogen and oxygen atoms in total. The zero-order valence-corrected chi connectivity index (χ0v) is 9.92. The Labute approximate surface area is 99.6 Å². The van der Waals surface area contributed by atoms with Gasteiger partial charge in [-0.25, -0.2) is 0 Å². The summed E-state index contributed by atoms with van der Waals surface area (Å²) in [4.78, 5) is 0. The van der Waals surface area contributed by atoms with Crippen LogP contribution in [0.25, 0.3) is 5.69 Å². The third-order valence-corrected chi connectivity index (χ3v) is 2.26. The molecule has 0 fully saturated rings. The van der Waals surface area contributed by atoms with Gasteiger partial charge in [-0.2, -0.15) is 4.68 Å². The minimum absolute atomic E-state index is 0.625. The third-order valence-electron chi connectivity index (χ3n) is 2.26. The number of rotatable bonds is 5. The molecule has 0 atom stereocenters. The molecular weight excluding hydrogens is 218 g/mol. The summed E-state index contributed by atoms with van der Waals surface area (Å²) in [5.41, 5.74) is 0.920. The van der Waals surface area contributed by atoms with E-state index in [0.29, 0.717) is 13.2 Å². The van der Waals surface area contributed by atoms with Crippen LogP contribution in [0.15, 0.2) is 24.3 Å². The van der Waals surface area contributed by atoms with Crippen molar-refractivity contribution in [2.45, 2.75) is 13.5 Å². The number of benzene rings is 1. The van der Waals surface area contributed by atoms with Gasteiger partial charge in [0.15, 0.2) is 5.82 Å². The molecule has 0 radical (unpaired) electrons. The van der Waals surface area contributed by atoms with Crippen molar-refractivity contribution in [3.05, 3.63) is 30.1 Å². The van der Waals surface area contributed by atoms with Gasteiger partial charge in [0.1, 0.15) is 5.75 Å². The molecule has 6 heteroatoms. The van der Waals surface area contributed by atoms with Crippen LogP contribution in [0.5, 0.6) is 5.75 Å². The normalized spacial score (nSPS) is 10.5. The van der Waals surface area contributed by atoms with Crippen molar-refractivity contribution in [1.29, 1.82) is 0 Å². The zero-order valence-electron chi connectivity index (χ0n) is 9.92. The van der Waals surface area contributed by atoms with Gasteiger partial charge in [0.2, 0.25) is 0 Å². The highest BCUT2D eigenvalue weighted by Gasteiger charge is 2.06. The molecule has 0 unspecified atom stereocenters. The first kappa shape index (κ1) is 11.5. The van der Waals surface area contributed by atoms with Gasteiger partial charge < -0.3 is 10.1 Å². The fourth-order valence-electron chi connectivity index (χ4n) is 1.52. The molecule has 0 saturated heterocycles. The molecule has 0 saturated carbocycles. The van der Waals surface area contributed by atoms with Crippen LogP contribution in [0, 0.1) is 0 Å². The summed E-state index contributed by atoms with van der Waals surface area (Å²) in [6.45, 7) is 3.25. The maximum atomic E-state index is 5.38. The second-order valence-electron chi connectivity index (χ2n) is 3.46. The first-order valence-corrected chi connectivity index (χ1v) is 5.50. The third kappa shape index (κ3) is 2.59. The molecule has 1 aromatic carbocycles. The van der Waals surface area contributed by atoms with Crippen LogP contribution < -0.4 is 10.1 Å². The van der Waals surface area contributed by atoms with Gasteiger partial charge in [-0.3, -0.25) is 0 Å². The largest absolute Gasteiger partial charge is 0.494 e. The van der Waals surface area contributed by atoms with Crippen molar-refractivity contribution in [3.8, 4) is 11.4 Å². The molecule has 0 aliphatic carbocycles. The molecule has 1 aromatic heterocycles. The SMILES string of the molecule is CCOc1ccc(-n2nnnc2CNC)cc1. The van der Waals surface area contributed by atoms with Gasteiger partial charge in [-0.1, -0.05) is 0 Å². The van der Waals surface area contributed by atoms with Gasteiger partial charge >= 0.3 is 0 Å². The summed E-state index contributed by atoms with van der Waals surface area (Å²) in [5.74, 6) is 1.62. The second kappa shape index (κ2) is 5.40. The summed E-state index contributed by atoms with van der Waals surface area (Å²) < 4.78 is 7.08. The van der Waals surface area contributed by atoms with E-state index >= 15 is 0 Å². The quantitative estimate of drug-likeness (QED) is 0.826. The van der Waals surface area contributed by atoms with Crippen LogP contribution in [0.1, 0.15) is 12.7 Å². The van der Waals surface area contributed by atoms with E-state index in [1.807, 2.05) is 38.2 Å². The van der Waals surface area contributed by atoms with Crippen LogP contribution in [0.2, 0.25) is 0 Å². The highest BCUT2D eigenvalue weighted by Crippen LogP contribution is 2.15. The average molecular weight is 233 g/mol. The summed E-state index contributed by atoms with van der Waals surface area (Å²) in [6, 6.07) is 7.67. The molecule has 0 bridgehead atoms. The fourth-order valence-corrected chi connectivity index (χ4v) is 1.52. The standard InChI is InChI=1S/C11H15N5O/c1-3-17-10-6-4-9(5-7-10)16-11(8-12-2)13-14-15-16/h4-7,12H,3,8H2,1-2H3. The number of ether oxygens (including phenoxy) is 1. The van der Waals surface area contributed by atoms with Crippen LogP contribution in [-0.4, -0.2) is 33.9 Å². The topological polar surface area (TPSA) is 64.9 Å². The molecule has 0 aliphatic rings. The summed E-state index contributed by atoms with van der Waals surface area (Å²) >= 11 is 0. The minimum atomic E-state index is 0.625. The number of nitrogens with one attached hydrogen (secondary N) is 1. The van der Waals surface area contributed by atoms with E-state index in [-0.39, 0.29) is 0 Å². The number of tetrazole rings is 1. The Bertz CT molecular complexity index is 465. The lowest BCUT2D eigenvalue weighted by Gasteiger charge is -2.06. The van der Waals surface area contributed by atoms with E-state index in [4.69, 9.17) is 4.74 Å². The number of hydrogen-bond donors (Lipinski definition) is 1. The van der Waals surface area contributed by atoms with Crippen molar-refractivity contribution < 1.29 is 4.74 Å². The summed E-state index contributed by atoms with van der Waals surface area (Å²) in [7, 11) is 1.86. The van der Waals surface area contributed by atoms with Crippen molar-refractivity contribution in [2.24, 2.45) is 0 Å². The Morgan fingerprint density at radius 3 is 2.71 bits per heavy atom. The number of hydrogen-bond acceptors (Lipinski definition) is 5. The van der Waals surface area contributed by atoms with E-state index in [0.717, 1.165) is 17.3 Å². The lowest BCUT2D eigenvalue weighted by atomic mass is 10.3. The molecule has 1 N–H and O–H groups in total. The fraction of sp³-hybridized carbons (Fsp3) is 0.364. The maximum Gasteiger partial charge on any atom is 0.170 e.